The van der Waals surface area contributed by atoms with Gasteiger partial charge in [-0.1, -0.05) is 96.1 Å². The lowest BCUT2D eigenvalue weighted by Crippen LogP contribution is -2.08. The summed E-state index contributed by atoms with van der Waals surface area (Å²) in [7, 11) is 0. The van der Waals surface area contributed by atoms with Crippen LogP contribution in [0.1, 0.15) is 39.3 Å². The highest BCUT2D eigenvalue weighted by Crippen LogP contribution is 2.41. The summed E-state index contributed by atoms with van der Waals surface area (Å²) in [5, 5.41) is 0. The molecule has 1 aliphatic carbocycles. The number of rotatable bonds is 2. The third kappa shape index (κ3) is 3.37. The van der Waals surface area contributed by atoms with Crippen LogP contribution in [0.5, 0.6) is 0 Å². The summed E-state index contributed by atoms with van der Waals surface area (Å²) in [6, 6.07) is 31.8. The standard InChI is InChI=1S/C30H28/c1-20-12-14-26(22(3)16-20)29-15-13-21(2)17-30(29)25-18-23-8-4-6-10-27(23)28-11-7-5-9-24(28)19-25/h4-17,25H,18-19H2,1-3H3. The van der Waals surface area contributed by atoms with E-state index in [9.17, 15) is 0 Å². The molecule has 0 N–H and O–H groups in total. The van der Waals surface area contributed by atoms with Gasteiger partial charge in [0.25, 0.3) is 0 Å². The van der Waals surface area contributed by atoms with Crippen molar-refractivity contribution in [1.82, 2.24) is 0 Å². The molecule has 1 aliphatic rings. The van der Waals surface area contributed by atoms with Crippen molar-refractivity contribution in [2.75, 3.05) is 0 Å². The average Bonchev–Trinajstić information content (AvgIpc) is 2.91. The highest BCUT2D eigenvalue weighted by Gasteiger charge is 2.24. The first-order chi connectivity index (χ1) is 14.6. The van der Waals surface area contributed by atoms with E-state index in [1.807, 2.05) is 0 Å². The molecule has 0 fully saturated rings. The van der Waals surface area contributed by atoms with Crippen LogP contribution >= 0.6 is 0 Å². The van der Waals surface area contributed by atoms with Gasteiger partial charge >= 0.3 is 0 Å². The van der Waals surface area contributed by atoms with Gasteiger partial charge in [0.2, 0.25) is 0 Å². The summed E-state index contributed by atoms with van der Waals surface area (Å²) >= 11 is 0. The Morgan fingerprint density at radius 2 is 1.07 bits per heavy atom. The molecule has 148 valence electrons. The minimum Gasteiger partial charge on any atom is -0.0620 e. The van der Waals surface area contributed by atoms with Crippen molar-refractivity contribution in [2.24, 2.45) is 0 Å². The Kier molecular flexibility index (Phi) is 4.79. The quantitative estimate of drug-likeness (QED) is 0.328. The molecule has 0 spiro atoms. The topological polar surface area (TPSA) is 0 Å². The van der Waals surface area contributed by atoms with Crippen LogP contribution in [0, 0.1) is 20.8 Å². The van der Waals surface area contributed by atoms with Crippen LogP contribution in [0.25, 0.3) is 22.3 Å². The summed E-state index contributed by atoms with van der Waals surface area (Å²) in [4.78, 5) is 0. The van der Waals surface area contributed by atoms with Gasteiger partial charge < -0.3 is 0 Å². The molecule has 0 nitrogen and oxygen atoms in total. The Hall–Kier alpha value is -3.12. The normalized spacial score (nSPS) is 13.4. The zero-order valence-corrected chi connectivity index (χ0v) is 18.1. The highest BCUT2D eigenvalue weighted by molar-refractivity contribution is 5.75. The van der Waals surface area contributed by atoms with E-state index in [1.165, 1.54) is 55.6 Å². The van der Waals surface area contributed by atoms with Crippen LogP contribution in [-0.2, 0) is 12.8 Å². The SMILES string of the molecule is Cc1ccc(-c2ccc(C)cc2C2Cc3ccccc3-c3ccccc3C2)c(C)c1. The van der Waals surface area contributed by atoms with Gasteiger partial charge in [0, 0.05) is 0 Å². The molecule has 0 saturated heterocycles. The molecule has 0 bridgehead atoms. The molecule has 4 aromatic rings. The molecule has 0 unspecified atom stereocenters. The molecule has 0 heterocycles. The molecular formula is C30H28. The second-order valence-corrected chi connectivity index (χ2v) is 8.83. The van der Waals surface area contributed by atoms with Crippen LogP contribution in [0.4, 0.5) is 0 Å². The maximum absolute atomic E-state index is 2.43. The van der Waals surface area contributed by atoms with Gasteiger partial charge in [-0.15, -0.1) is 0 Å². The van der Waals surface area contributed by atoms with Gasteiger partial charge in [0.05, 0.1) is 0 Å². The summed E-state index contributed by atoms with van der Waals surface area (Å²) in [6.45, 7) is 6.63. The minimum absolute atomic E-state index is 0.463. The number of benzene rings is 4. The Balaban J connectivity index is 1.69. The van der Waals surface area contributed by atoms with Crippen LogP contribution in [-0.4, -0.2) is 0 Å². The van der Waals surface area contributed by atoms with E-state index in [-0.39, 0.29) is 0 Å². The van der Waals surface area contributed by atoms with Gasteiger partial charge in [0.15, 0.2) is 0 Å². The Labute approximate surface area is 180 Å². The predicted octanol–water partition coefficient (Wildman–Crippen LogP) is 7.83. The number of fused-ring (bicyclic) bond motifs is 3. The molecule has 0 amide bonds. The van der Waals surface area contributed by atoms with Gasteiger partial charge in [-0.3, -0.25) is 0 Å². The first-order valence-electron chi connectivity index (χ1n) is 10.9. The van der Waals surface area contributed by atoms with Gasteiger partial charge in [-0.2, -0.15) is 0 Å². The van der Waals surface area contributed by atoms with Gasteiger partial charge in [-0.05, 0) is 84.0 Å². The van der Waals surface area contributed by atoms with Gasteiger partial charge in [0.1, 0.15) is 0 Å². The summed E-state index contributed by atoms with van der Waals surface area (Å²) < 4.78 is 0. The summed E-state index contributed by atoms with van der Waals surface area (Å²) in [6.07, 6.45) is 2.15. The van der Waals surface area contributed by atoms with Crippen molar-refractivity contribution >= 4 is 0 Å². The lowest BCUT2D eigenvalue weighted by Gasteiger charge is -2.22. The third-order valence-electron chi connectivity index (χ3n) is 6.58. The highest BCUT2D eigenvalue weighted by atomic mass is 14.3. The molecule has 4 aromatic carbocycles. The monoisotopic (exact) mass is 388 g/mol. The molecule has 0 aromatic heterocycles. The molecule has 5 rings (SSSR count). The molecule has 0 radical (unpaired) electrons. The van der Waals surface area contributed by atoms with Crippen molar-refractivity contribution in [1.29, 1.82) is 0 Å². The first-order valence-corrected chi connectivity index (χ1v) is 10.9. The van der Waals surface area contributed by atoms with Crippen molar-refractivity contribution < 1.29 is 0 Å². The third-order valence-corrected chi connectivity index (χ3v) is 6.58. The Morgan fingerprint density at radius 3 is 1.67 bits per heavy atom. The van der Waals surface area contributed by atoms with Crippen LogP contribution in [0.3, 0.4) is 0 Å². The van der Waals surface area contributed by atoms with Crippen LogP contribution < -0.4 is 0 Å². The van der Waals surface area contributed by atoms with E-state index < -0.39 is 0 Å². The smallest absolute Gasteiger partial charge is 0.00743 e. The average molecular weight is 389 g/mol. The molecule has 0 atom stereocenters. The van der Waals surface area contributed by atoms with E-state index in [1.54, 1.807) is 0 Å². The van der Waals surface area contributed by atoms with Crippen molar-refractivity contribution in [3.05, 3.63) is 118 Å². The predicted molar refractivity (Wildman–Crippen MR) is 128 cm³/mol. The maximum atomic E-state index is 2.43. The second-order valence-electron chi connectivity index (χ2n) is 8.83. The molecular weight excluding hydrogens is 360 g/mol. The Morgan fingerprint density at radius 1 is 0.533 bits per heavy atom. The van der Waals surface area contributed by atoms with E-state index in [2.05, 4.69) is 106 Å². The largest absolute Gasteiger partial charge is 0.0620 e. The Bertz CT molecular complexity index is 1180. The lowest BCUT2D eigenvalue weighted by atomic mass is 9.82. The molecule has 0 heteroatoms. The van der Waals surface area contributed by atoms with Crippen LogP contribution in [0.15, 0.2) is 84.9 Å². The fourth-order valence-electron chi connectivity index (χ4n) is 5.13. The van der Waals surface area contributed by atoms with Crippen molar-refractivity contribution in [2.45, 2.75) is 39.5 Å². The minimum atomic E-state index is 0.463. The van der Waals surface area contributed by atoms with Gasteiger partial charge in [-0.25, -0.2) is 0 Å². The molecule has 0 saturated carbocycles. The fourth-order valence-corrected chi connectivity index (χ4v) is 5.13. The summed E-state index contributed by atoms with van der Waals surface area (Å²) in [5.74, 6) is 0.463. The number of aryl methyl sites for hydroxylation is 3. The maximum Gasteiger partial charge on any atom is -0.00743 e. The zero-order valence-electron chi connectivity index (χ0n) is 18.1. The summed E-state index contributed by atoms with van der Waals surface area (Å²) in [5.41, 5.74) is 14.0. The van der Waals surface area contributed by atoms with E-state index >= 15 is 0 Å². The zero-order chi connectivity index (χ0) is 20.7. The van der Waals surface area contributed by atoms with E-state index in [4.69, 9.17) is 0 Å². The van der Waals surface area contributed by atoms with Crippen molar-refractivity contribution in [3.8, 4) is 22.3 Å². The van der Waals surface area contributed by atoms with E-state index in [0.717, 1.165) is 12.8 Å². The first kappa shape index (κ1) is 18.9. The number of hydrogen-bond acceptors (Lipinski definition) is 0. The molecule has 0 aliphatic heterocycles. The number of hydrogen-bond donors (Lipinski definition) is 0. The fraction of sp³-hybridized carbons (Fsp3) is 0.200. The van der Waals surface area contributed by atoms with Crippen LogP contribution in [0.2, 0.25) is 0 Å². The molecule has 30 heavy (non-hydrogen) atoms. The van der Waals surface area contributed by atoms with Crippen molar-refractivity contribution in [3.63, 3.8) is 0 Å². The lowest BCUT2D eigenvalue weighted by molar-refractivity contribution is 0.689. The van der Waals surface area contributed by atoms with E-state index in [0.29, 0.717) is 5.92 Å². The second kappa shape index (κ2) is 7.61.